The zero-order chi connectivity index (χ0) is 13.4. The first-order valence-electron chi connectivity index (χ1n) is 6.33. The van der Waals surface area contributed by atoms with Crippen molar-refractivity contribution in [3.05, 3.63) is 24.2 Å². The molecule has 0 N–H and O–H groups in total. The molecule has 2 atom stereocenters. The number of methoxy groups -OCH3 is 1. The SMILES string of the molecule is CCCC[C@@](C)(OC)C(C=O)OC1=CC=CCO1. The van der Waals surface area contributed by atoms with Crippen molar-refractivity contribution in [3.63, 3.8) is 0 Å². The number of carbonyl (C=O) groups excluding carboxylic acids is 1. The monoisotopic (exact) mass is 254 g/mol. The van der Waals surface area contributed by atoms with E-state index in [1.165, 1.54) is 0 Å². The average Bonchev–Trinajstić information content (AvgIpc) is 2.43. The first-order valence-corrected chi connectivity index (χ1v) is 6.33. The summed E-state index contributed by atoms with van der Waals surface area (Å²) < 4.78 is 16.4. The molecular weight excluding hydrogens is 232 g/mol. The van der Waals surface area contributed by atoms with Gasteiger partial charge in [0.1, 0.15) is 12.2 Å². The Kier molecular flexibility index (Phi) is 5.92. The van der Waals surface area contributed by atoms with Crippen LogP contribution in [0, 0.1) is 0 Å². The Balaban J connectivity index is 2.69. The van der Waals surface area contributed by atoms with Crippen LogP contribution in [0.25, 0.3) is 0 Å². The topological polar surface area (TPSA) is 44.8 Å². The lowest BCUT2D eigenvalue weighted by Gasteiger charge is -2.33. The fourth-order valence-electron chi connectivity index (χ4n) is 1.76. The van der Waals surface area contributed by atoms with Crippen LogP contribution in [-0.2, 0) is 19.0 Å². The molecule has 1 heterocycles. The molecule has 4 nitrogen and oxygen atoms in total. The number of unbranched alkanes of at least 4 members (excludes halogenated alkanes) is 1. The largest absolute Gasteiger partial charge is 0.461 e. The summed E-state index contributed by atoms with van der Waals surface area (Å²) in [7, 11) is 1.60. The zero-order valence-corrected chi connectivity index (χ0v) is 11.3. The van der Waals surface area contributed by atoms with Gasteiger partial charge < -0.3 is 14.2 Å². The Labute approximate surface area is 109 Å². The van der Waals surface area contributed by atoms with Crippen LogP contribution in [0.3, 0.4) is 0 Å². The minimum absolute atomic E-state index is 0.370. The fourth-order valence-corrected chi connectivity index (χ4v) is 1.76. The van der Waals surface area contributed by atoms with Crippen LogP contribution in [0.5, 0.6) is 0 Å². The van der Waals surface area contributed by atoms with Crippen molar-refractivity contribution in [2.24, 2.45) is 0 Å². The van der Waals surface area contributed by atoms with E-state index in [1.807, 2.05) is 19.1 Å². The third-order valence-electron chi connectivity index (χ3n) is 3.15. The number of allylic oxidation sites excluding steroid dienone is 2. The number of ether oxygens (including phenoxy) is 3. The number of hydrogen-bond acceptors (Lipinski definition) is 4. The van der Waals surface area contributed by atoms with Crippen molar-refractivity contribution in [2.75, 3.05) is 13.7 Å². The zero-order valence-electron chi connectivity index (χ0n) is 11.3. The molecule has 0 aliphatic carbocycles. The van der Waals surface area contributed by atoms with E-state index in [-0.39, 0.29) is 0 Å². The Bertz CT molecular complexity index is 322. The molecule has 0 saturated carbocycles. The standard InChI is InChI=1S/C14H22O4/c1-4-5-9-14(2,16-3)12(11-15)18-13-8-6-7-10-17-13/h6-8,11-12H,4-5,9-10H2,1-3H3/t12?,14-/m1/s1. The van der Waals surface area contributed by atoms with Gasteiger partial charge >= 0.3 is 0 Å². The number of rotatable bonds is 8. The summed E-state index contributed by atoms with van der Waals surface area (Å²) in [4.78, 5) is 11.2. The molecule has 0 saturated heterocycles. The van der Waals surface area contributed by atoms with Gasteiger partial charge in [0.15, 0.2) is 12.4 Å². The van der Waals surface area contributed by atoms with Crippen LogP contribution in [-0.4, -0.2) is 31.7 Å². The normalized spacial score (nSPS) is 19.4. The third-order valence-corrected chi connectivity index (χ3v) is 3.15. The minimum Gasteiger partial charge on any atom is -0.461 e. The van der Waals surface area contributed by atoms with Gasteiger partial charge in [-0.3, -0.25) is 4.79 Å². The van der Waals surface area contributed by atoms with Crippen LogP contribution >= 0.6 is 0 Å². The summed E-state index contributed by atoms with van der Waals surface area (Å²) in [6.07, 6.45) is 8.34. The van der Waals surface area contributed by atoms with Gasteiger partial charge in [-0.1, -0.05) is 25.8 Å². The maximum atomic E-state index is 11.2. The van der Waals surface area contributed by atoms with Crippen LogP contribution in [0.2, 0.25) is 0 Å². The molecule has 0 amide bonds. The van der Waals surface area contributed by atoms with E-state index in [9.17, 15) is 4.79 Å². The molecular formula is C14H22O4. The molecule has 1 unspecified atom stereocenters. The van der Waals surface area contributed by atoms with E-state index in [2.05, 4.69) is 6.92 Å². The van der Waals surface area contributed by atoms with Crippen LogP contribution in [0.15, 0.2) is 24.2 Å². The lowest BCUT2D eigenvalue weighted by atomic mass is 9.93. The second-order valence-corrected chi connectivity index (χ2v) is 4.52. The van der Waals surface area contributed by atoms with Crippen LogP contribution < -0.4 is 0 Å². The van der Waals surface area contributed by atoms with Crippen molar-refractivity contribution in [3.8, 4) is 0 Å². The highest BCUT2D eigenvalue weighted by molar-refractivity contribution is 5.58. The smallest absolute Gasteiger partial charge is 0.280 e. The molecule has 1 rings (SSSR count). The Morgan fingerprint density at radius 2 is 2.39 bits per heavy atom. The van der Waals surface area contributed by atoms with Gasteiger partial charge in [0.25, 0.3) is 5.95 Å². The molecule has 18 heavy (non-hydrogen) atoms. The number of carbonyl (C=O) groups is 1. The second-order valence-electron chi connectivity index (χ2n) is 4.52. The van der Waals surface area contributed by atoms with Crippen LogP contribution in [0.4, 0.5) is 0 Å². The van der Waals surface area contributed by atoms with E-state index < -0.39 is 11.7 Å². The highest BCUT2D eigenvalue weighted by Crippen LogP contribution is 2.26. The number of hydrogen-bond donors (Lipinski definition) is 0. The van der Waals surface area contributed by atoms with Crippen molar-refractivity contribution in [1.82, 2.24) is 0 Å². The minimum atomic E-state index is -0.660. The molecule has 0 radical (unpaired) electrons. The highest BCUT2D eigenvalue weighted by Gasteiger charge is 2.36. The third kappa shape index (κ3) is 3.88. The van der Waals surface area contributed by atoms with Gasteiger partial charge in [-0.2, -0.15) is 0 Å². The Morgan fingerprint density at radius 1 is 1.61 bits per heavy atom. The maximum absolute atomic E-state index is 11.2. The Morgan fingerprint density at radius 3 is 2.89 bits per heavy atom. The summed E-state index contributed by atoms with van der Waals surface area (Å²) in [5.74, 6) is 0.370. The first-order chi connectivity index (χ1) is 8.66. The van der Waals surface area contributed by atoms with Crippen molar-refractivity contribution in [1.29, 1.82) is 0 Å². The fraction of sp³-hybridized carbons (Fsp3) is 0.643. The molecule has 0 spiro atoms. The summed E-state index contributed by atoms with van der Waals surface area (Å²) in [5, 5.41) is 0. The van der Waals surface area contributed by atoms with Gasteiger partial charge in [-0.25, -0.2) is 0 Å². The molecule has 0 bridgehead atoms. The van der Waals surface area contributed by atoms with E-state index in [4.69, 9.17) is 14.2 Å². The lowest BCUT2D eigenvalue weighted by Crippen LogP contribution is -2.44. The van der Waals surface area contributed by atoms with Gasteiger partial charge in [-0.05, 0) is 19.4 Å². The highest BCUT2D eigenvalue weighted by atomic mass is 16.7. The first kappa shape index (κ1) is 14.8. The van der Waals surface area contributed by atoms with Gasteiger partial charge in [0.05, 0.1) is 0 Å². The molecule has 0 aromatic rings. The van der Waals surface area contributed by atoms with Crippen molar-refractivity contribution >= 4 is 6.29 Å². The molecule has 102 valence electrons. The van der Waals surface area contributed by atoms with Gasteiger partial charge in [-0.15, -0.1) is 0 Å². The van der Waals surface area contributed by atoms with E-state index >= 15 is 0 Å². The average molecular weight is 254 g/mol. The van der Waals surface area contributed by atoms with E-state index in [1.54, 1.807) is 13.2 Å². The van der Waals surface area contributed by atoms with Gasteiger partial charge in [0, 0.05) is 13.2 Å². The predicted molar refractivity (Wildman–Crippen MR) is 69.1 cm³/mol. The summed E-state index contributed by atoms with van der Waals surface area (Å²) in [5.41, 5.74) is -0.622. The quantitative estimate of drug-likeness (QED) is 0.624. The van der Waals surface area contributed by atoms with Crippen LogP contribution in [0.1, 0.15) is 33.1 Å². The molecule has 4 heteroatoms. The number of aldehydes is 1. The van der Waals surface area contributed by atoms with Gasteiger partial charge in [0.2, 0.25) is 0 Å². The van der Waals surface area contributed by atoms with Crippen molar-refractivity contribution in [2.45, 2.75) is 44.8 Å². The second kappa shape index (κ2) is 7.21. The summed E-state index contributed by atoms with van der Waals surface area (Å²) in [6.45, 7) is 4.46. The molecule has 0 fully saturated rings. The molecule has 0 aromatic heterocycles. The summed E-state index contributed by atoms with van der Waals surface area (Å²) in [6, 6.07) is 0. The molecule has 1 aliphatic heterocycles. The molecule has 0 aromatic carbocycles. The summed E-state index contributed by atoms with van der Waals surface area (Å²) >= 11 is 0. The van der Waals surface area contributed by atoms with E-state index in [0.29, 0.717) is 12.6 Å². The van der Waals surface area contributed by atoms with Crippen molar-refractivity contribution < 1.29 is 19.0 Å². The molecule has 1 aliphatic rings. The Hall–Kier alpha value is -1.29. The maximum Gasteiger partial charge on any atom is 0.280 e. The lowest BCUT2D eigenvalue weighted by molar-refractivity contribution is -0.148. The predicted octanol–water partition coefficient (Wildman–Crippen LogP) is 2.59. The van der Waals surface area contributed by atoms with E-state index in [0.717, 1.165) is 25.5 Å².